The second-order valence-corrected chi connectivity index (χ2v) is 11.6. The highest BCUT2D eigenvalue weighted by Gasteiger charge is 2.18. The molecule has 0 aliphatic carbocycles. The largest absolute Gasteiger partial charge is 0.0636 e. The van der Waals surface area contributed by atoms with Gasteiger partial charge in [-0.25, -0.2) is 0 Å². The summed E-state index contributed by atoms with van der Waals surface area (Å²) in [6, 6.07) is 3.74. The number of hydrogen-bond acceptors (Lipinski definition) is 0. The minimum absolute atomic E-state index is 0.136. The van der Waals surface area contributed by atoms with Crippen LogP contribution in [0.15, 0.2) is 194 Å². The zero-order chi connectivity index (χ0) is 51.3. The van der Waals surface area contributed by atoms with E-state index in [1.54, 1.807) is 24.3 Å². The van der Waals surface area contributed by atoms with Gasteiger partial charge in [0.15, 0.2) is 0 Å². The van der Waals surface area contributed by atoms with E-state index in [4.69, 9.17) is 17.8 Å². The molecular formula is C50H32. The minimum Gasteiger partial charge on any atom is -0.0616 e. The summed E-state index contributed by atoms with van der Waals surface area (Å²) in [5, 5.41) is -1.69. The van der Waals surface area contributed by atoms with E-state index in [1.807, 2.05) is 42.5 Å². The zero-order valence-electron chi connectivity index (χ0n) is 46.9. The average Bonchev–Trinajstić information content (AvgIpc) is 3.36. The van der Waals surface area contributed by atoms with Crippen LogP contribution in [0, 0.1) is 0 Å². The maximum absolute atomic E-state index is 10.2. The third kappa shape index (κ3) is 4.69. The maximum atomic E-state index is 10.2. The normalized spacial score (nSPS) is 17.5. The van der Waals surface area contributed by atoms with E-state index in [0.29, 0.717) is 5.56 Å². The standard InChI is InChI=1S/C50H32/c1-3-13-38-30-40(26-22-33(38)10-1)35-20-24-37(25-21-35)49-45-17-7-8-18-46(45)50(42-27-23-34-11-2-4-14-39(34)31-42)47-29-28-41(32-48(47)49)44-19-9-15-36-12-5-6-16-43(36)44/h1-32H/i2D,4D,5D,6D,7D,8D,9D,11D,12D,14D,15D,16D,17D,18D,19D,23D,27D,28D,29D,31D,32D. The molecule has 0 fully saturated rings. The first kappa shape index (κ1) is 14.5. The summed E-state index contributed by atoms with van der Waals surface area (Å²) in [6.07, 6.45) is 0. The van der Waals surface area contributed by atoms with Crippen LogP contribution in [0.5, 0.6) is 0 Å². The lowest BCUT2D eigenvalue weighted by molar-refractivity contribution is 1.62. The lowest BCUT2D eigenvalue weighted by Crippen LogP contribution is -1.92. The number of hydrogen-bond donors (Lipinski definition) is 0. The smallest absolute Gasteiger partial charge is 0.0616 e. The molecule has 0 heterocycles. The van der Waals surface area contributed by atoms with Crippen molar-refractivity contribution < 1.29 is 28.8 Å². The van der Waals surface area contributed by atoms with Gasteiger partial charge in [0.2, 0.25) is 0 Å². The van der Waals surface area contributed by atoms with Gasteiger partial charge in [-0.05, 0) is 117 Å². The van der Waals surface area contributed by atoms with Crippen LogP contribution in [-0.4, -0.2) is 0 Å². The van der Waals surface area contributed by atoms with Crippen molar-refractivity contribution in [2.45, 2.75) is 0 Å². The van der Waals surface area contributed by atoms with E-state index in [2.05, 4.69) is 0 Å². The van der Waals surface area contributed by atoms with Gasteiger partial charge in [0.1, 0.15) is 0 Å². The molecule has 232 valence electrons. The van der Waals surface area contributed by atoms with Crippen LogP contribution in [0.25, 0.3) is 98.4 Å². The van der Waals surface area contributed by atoms with Crippen LogP contribution in [0.2, 0.25) is 0 Å². The van der Waals surface area contributed by atoms with Crippen molar-refractivity contribution in [3.63, 3.8) is 0 Å². The molecule has 0 amide bonds. The van der Waals surface area contributed by atoms with Crippen molar-refractivity contribution in [3.05, 3.63) is 194 Å². The molecule has 0 N–H and O–H groups in total. The molecule has 0 saturated carbocycles. The summed E-state index contributed by atoms with van der Waals surface area (Å²) >= 11 is 0. The van der Waals surface area contributed by atoms with Gasteiger partial charge in [-0.15, -0.1) is 0 Å². The van der Waals surface area contributed by atoms with Gasteiger partial charge < -0.3 is 0 Å². The topological polar surface area (TPSA) is 0 Å². The van der Waals surface area contributed by atoms with E-state index >= 15 is 0 Å². The molecule has 0 aromatic heterocycles. The molecule has 0 aliphatic rings. The van der Waals surface area contributed by atoms with E-state index < -0.39 is 181 Å². The molecule has 0 atom stereocenters. The molecule has 0 aliphatic heterocycles. The molecule has 10 rings (SSSR count). The summed E-state index contributed by atoms with van der Waals surface area (Å²) in [7, 11) is 0. The van der Waals surface area contributed by atoms with Crippen LogP contribution in [0.4, 0.5) is 0 Å². The Morgan fingerprint density at radius 3 is 1.72 bits per heavy atom. The van der Waals surface area contributed by atoms with Crippen molar-refractivity contribution >= 4 is 53.9 Å². The monoisotopic (exact) mass is 653 g/mol. The van der Waals surface area contributed by atoms with E-state index in [0.717, 1.165) is 16.3 Å². The fraction of sp³-hybridized carbons (Fsp3) is 0. The first-order valence-corrected chi connectivity index (χ1v) is 15.6. The third-order valence-corrected chi connectivity index (χ3v) is 8.82. The second-order valence-electron chi connectivity index (χ2n) is 11.6. The summed E-state index contributed by atoms with van der Waals surface area (Å²) in [5.41, 5.74) is -0.797. The van der Waals surface area contributed by atoms with Crippen molar-refractivity contribution in [1.29, 1.82) is 0 Å². The summed E-state index contributed by atoms with van der Waals surface area (Å²) < 4.78 is 191. The van der Waals surface area contributed by atoms with E-state index in [1.165, 1.54) is 0 Å². The number of rotatable bonds is 4. The van der Waals surface area contributed by atoms with Crippen LogP contribution in [0.3, 0.4) is 0 Å². The zero-order valence-corrected chi connectivity index (χ0v) is 25.9. The molecule has 50 heavy (non-hydrogen) atoms. The molecule has 10 aromatic carbocycles. The molecule has 0 bridgehead atoms. The van der Waals surface area contributed by atoms with Gasteiger partial charge in [-0.2, -0.15) is 0 Å². The van der Waals surface area contributed by atoms with E-state index in [9.17, 15) is 11.0 Å². The van der Waals surface area contributed by atoms with Crippen molar-refractivity contribution in [2.24, 2.45) is 0 Å². The van der Waals surface area contributed by atoms with Gasteiger partial charge in [-0.1, -0.05) is 175 Å². The van der Waals surface area contributed by atoms with Gasteiger partial charge in [0.25, 0.3) is 0 Å². The molecule has 0 spiro atoms. The minimum atomic E-state index is -0.896. The first-order chi connectivity index (χ1) is 33.5. The lowest BCUT2D eigenvalue weighted by atomic mass is 9.84. The quantitative estimate of drug-likeness (QED) is 0.166. The highest BCUT2D eigenvalue weighted by Crippen LogP contribution is 2.46. The highest BCUT2D eigenvalue weighted by atomic mass is 14.2. The molecule has 10 aromatic rings. The van der Waals surface area contributed by atoms with E-state index in [-0.39, 0.29) is 21.9 Å². The predicted octanol–water partition coefficient (Wildman–Crippen LogP) is 14.1. The molecule has 0 heteroatoms. The Labute approximate surface area is 321 Å². The molecule has 0 saturated heterocycles. The van der Waals surface area contributed by atoms with Crippen LogP contribution in [-0.2, 0) is 0 Å². The summed E-state index contributed by atoms with van der Waals surface area (Å²) in [4.78, 5) is 0. The SMILES string of the molecule is [2H]c1c([2H])c([2H])c2c([2H])c(-c3c4c([2H])c([2H])c([2H])c([2H])c4c(-c4ccc(-c5ccc6ccccc6c5)cc4)c4c([2H])c(-c5c([2H])c([2H])c([2H])c6c([2H])c([2H])c([2H])c([2H])c56)c([2H])c([2H])c34)c([2H])c([2H])c2c1[2H]. The van der Waals surface area contributed by atoms with Gasteiger partial charge >= 0.3 is 0 Å². The van der Waals surface area contributed by atoms with Crippen LogP contribution < -0.4 is 0 Å². The summed E-state index contributed by atoms with van der Waals surface area (Å²) in [6.45, 7) is 0. The van der Waals surface area contributed by atoms with Crippen molar-refractivity contribution in [2.75, 3.05) is 0 Å². The molecule has 0 radical (unpaired) electrons. The average molecular weight is 654 g/mol. The molecule has 0 nitrogen and oxygen atoms in total. The number of benzene rings is 10. The van der Waals surface area contributed by atoms with Crippen molar-refractivity contribution in [3.8, 4) is 44.5 Å². The Kier molecular flexibility index (Phi) is 3.37. The van der Waals surface area contributed by atoms with Crippen molar-refractivity contribution in [1.82, 2.24) is 0 Å². The van der Waals surface area contributed by atoms with Crippen LogP contribution in [0.1, 0.15) is 28.8 Å². The predicted molar refractivity (Wildman–Crippen MR) is 216 cm³/mol. The summed E-state index contributed by atoms with van der Waals surface area (Å²) in [5.74, 6) is 0. The fourth-order valence-corrected chi connectivity index (χ4v) is 6.49. The van der Waals surface area contributed by atoms with Crippen LogP contribution >= 0.6 is 0 Å². The molecular weight excluding hydrogens is 601 g/mol. The Morgan fingerprint density at radius 2 is 0.900 bits per heavy atom. The Balaban J connectivity index is 1.48. The Morgan fingerprint density at radius 1 is 0.300 bits per heavy atom. The Hall–Kier alpha value is -6.50. The second kappa shape index (κ2) is 11.6. The number of fused-ring (bicyclic) bond motifs is 5. The highest BCUT2D eigenvalue weighted by molar-refractivity contribution is 6.22. The van der Waals surface area contributed by atoms with Gasteiger partial charge in [-0.3, -0.25) is 0 Å². The Bertz CT molecular complexity index is 4100. The third-order valence-electron chi connectivity index (χ3n) is 8.82. The fourth-order valence-electron chi connectivity index (χ4n) is 6.49. The van der Waals surface area contributed by atoms with Gasteiger partial charge in [0, 0.05) is 0 Å². The molecule has 0 unspecified atom stereocenters. The first-order valence-electron chi connectivity index (χ1n) is 26.1. The van der Waals surface area contributed by atoms with Gasteiger partial charge in [0.05, 0.1) is 28.8 Å². The maximum Gasteiger partial charge on any atom is 0.0636 e. The lowest BCUT2D eigenvalue weighted by Gasteiger charge is -2.19.